The number of carbonyl (C=O) groups excluding carboxylic acids is 1. The van der Waals surface area contributed by atoms with Gasteiger partial charge in [-0.1, -0.05) is 30.3 Å². The van der Waals surface area contributed by atoms with Gasteiger partial charge in [-0.25, -0.2) is 17.8 Å². The van der Waals surface area contributed by atoms with E-state index in [4.69, 9.17) is 0 Å². The summed E-state index contributed by atoms with van der Waals surface area (Å²) in [5.74, 6) is -0.283. The Hall–Kier alpha value is -2.97. The second-order valence-corrected chi connectivity index (χ2v) is 8.85. The number of carbonyl (C=O) groups is 1. The standard InChI is InChI=1S/C21H22N4O3S/c1-15-13-20(23-25(15)18-5-3-2-4-6-18)21(26)22-14-16-7-11-19(12-8-16)29(27,28)24-17-9-10-17/h2-8,11-13,17,24H,9-10,14H2,1H3,(H,22,26). The highest BCUT2D eigenvalue weighted by atomic mass is 32.2. The number of benzene rings is 2. The van der Waals surface area contributed by atoms with Crippen LogP contribution in [0.2, 0.25) is 0 Å². The Morgan fingerprint density at radius 1 is 1.10 bits per heavy atom. The molecule has 7 nitrogen and oxygen atoms in total. The van der Waals surface area contributed by atoms with Gasteiger partial charge in [0.2, 0.25) is 10.0 Å². The maximum Gasteiger partial charge on any atom is 0.272 e. The first-order chi connectivity index (χ1) is 13.9. The topological polar surface area (TPSA) is 93.1 Å². The second kappa shape index (κ2) is 7.81. The van der Waals surface area contributed by atoms with E-state index < -0.39 is 10.0 Å². The van der Waals surface area contributed by atoms with Crippen molar-refractivity contribution in [3.05, 3.63) is 77.6 Å². The van der Waals surface area contributed by atoms with Crippen molar-refractivity contribution in [1.29, 1.82) is 0 Å². The molecule has 2 aromatic carbocycles. The molecule has 0 saturated heterocycles. The molecule has 1 heterocycles. The smallest absolute Gasteiger partial charge is 0.272 e. The lowest BCUT2D eigenvalue weighted by Gasteiger charge is -2.07. The van der Waals surface area contributed by atoms with Crippen LogP contribution in [0.5, 0.6) is 0 Å². The molecule has 0 atom stereocenters. The lowest BCUT2D eigenvalue weighted by atomic mass is 10.2. The predicted octanol–water partition coefficient (Wildman–Crippen LogP) is 2.55. The molecule has 1 fully saturated rings. The van der Waals surface area contributed by atoms with Crippen LogP contribution in [0.15, 0.2) is 65.6 Å². The molecule has 1 amide bonds. The molecule has 4 rings (SSSR count). The highest BCUT2D eigenvalue weighted by Crippen LogP contribution is 2.22. The molecule has 150 valence electrons. The van der Waals surface area contributed by atoms with Crippen molar-refractivity contribution < 1.29 is 13.2 Å². The summed E-state index contributed by atoms with van der Waals surface area (Å²) in [6.45, 7) is 2.18. The number of sulfonamides is 1. The minimum absolute atomic E-state index is 0.0677. The van der Waals surface area contributed by atoms with Gasteiger partial charge < -0.3 is 5.32 Å². The predicted molar refractivity (Wildman–Crippen MR) is 109 cm³/mol. The summed E-state index contributed by atoms with van der Waals surface area (Å²) in [4.78, 5) is 12.7. The maximum absolute atomic E-state index is 12.5. The summed E-state index contributed by atoms with van der Waals surface area (Å²) < 4.78 is 28.8. The summed E-state index contributed by atoms with van der Waals surface area (Å²) in [5.41, 5.74) is 2.89. The van der Waals surface area contributed by atoms with Crippen LogP contribution in [0.4, 0.5) is 0 Å². The van der Waals surface area contributed by atoms with Gasteiger partial charge in [-0.2, -0.15) is 5.10 Å². The number of rotatable bonds is 7. The Labute approximate surface area is 169 Å². The van der Waals surface area contributed by atoms with Gasteiger partial charge in [0.05, 0.1) is 10.6 Å². The van der Waals surface area contributed by atoms with Crippen molar-refractivity contribution in [1.82, 2.24) is 19.8 Å². The highest BCUT2D eigenvalue weighted by Gasteiger charge is 2.27. The molecule has 1 saturated carbocycles. The monoisotopic (exact) mass is 410 g/mol. The fraction of sp³-hybridized carbons (Fsp3) is 0.238. The van der Waals surface area contributed by atoms with E-state index >= 15 is 0 Å². The Balaban J connectivity index is 1.40. The Morgan fingerprint density at radius 3 is 2.45 bits per heavy atom. The second-order valence-electron chi connectivity index (χ2n) is 7.14. The number of amides is 1. The van der Waals surface area contributed by atoms with Gasteiger partial charge in [0.15, 0.2) is 5.69 Å². The molecule has 2 N–H and O–H groups in total. The maximum atomic E-state index is 12.5. The summed E-state index contributed by atoms with van der Waals surface area (Å²) in [6.07, 6.45) is 1.78. The number of para-hydroxylation sites is 1. The van der Waals surface area contributed by atoms with Crippen molar-refractivity contribution in [3.63, 3.8) is 0 Å². The van der Waals surface area contributed by atoms with Crippen molar-refractivity contribution in [2.75, 3.05) is 0 Å². The van der Waals surface area contributed by atoms with E-state index in [9.17, 15) is 13.2 Å². The molecule has 1 aromatic heterocycles. The number of aryl methyl sites for hydroxylation is 1. The molecule has 1 aliphatic rings. The Morgan fingerprint density at radius 2 is 1.79 bits per heavy atom. The molecule has 1 aliphatic carbocycles. The summed E-state index contributed by atoms with van der Waals surface area (Å²) >= 11 is 0. The first-order valence-electron chi connectivity index (χ1n) is 9.44. The molecule has 0 spiro atoms. The lowest BCUT2D eigenvalue weighted by Crippen LogP contribution is -2.26. The zero-order valence-corrected chi connectivity index (χ0v) is 16.8. The number of aromatic nitrogens is 2. The molecule has 8 heteroatoms. The van der Waals surface area contributed by atoms with Crippen LogP contribution in [0.25, 0.3) is 5.69 Å². The van der Waals surface area contributed by atoms with E-state index in [1.54, 1.807) is 35.0 Å². The number of nitrogens with zero attached hydrogens (tertiary/aromatic N) is 2. The van der Waals surface area contributed by atoms with Crippen LogP contribution < -0.4 is 10.0 Å². The molecule has 29 heavy (non-hydrogen) atoms. The van der Waals surface area contributed by atoms with Gasteiger partial charge >= 0.3 is 0 Å². The molecule has 3 aromatic rings. The zero-order valence-electron chi connectivity index (χ0n) is 16.0. The first-order valence-corrected chi connectivity index (χ1v) is 10.9. The third-order valence-electron chi connectivity index (χ3n) is 4.71. The zero-order chi connectivity index (χ0) is 20.4. The normalized spacial score (nSPS) is 14.0. The Bertz CT molecular complexity index is 1120. The third kappa shape index (κ3) is 4.55. The van der Waals surface area contributed by atoms with Gasteiger partial charge in [0.25, 0.3) is 5.91 Å². The lowest BCUT2D eigenvalue weighted by molar-refractivity contribution is 0.0945. The van der Waals surface area contributed by atoms with Crippen LogP contribution in [0.3, 0.4) is 0 Å². The van der Waals surface area contributed by atoms with Gasteiger partial charge in [-0.3, -0.25) is 4.79 Å². The summed E-state index contributed by atoms with van der Waals surface area (Å²) in [6, 6.07) is 17.9. The van der Waals surface area contributed by atoms with E-state index in [0.717, 1.165) is 29.8 Å². The average molecular weight is 410 g/mol. The Kier molecular flexibility index (Phi) is 5.21. The minimum atomic E-state index is -3.47. The number of hydrogen-bond donors (Lipinski definition) is 2. The van der Waals surface area contributed by atoms with E-state index in [0.29, 0.717) is 5.69 Å². The number of nitrogens with one attached hydrogen (secondary N) is 2. The van der Waals surface area contributed by atoms with E-state index in [-0.39, 0.29) is 23.4 Å². The third-order valence-corrected chi connectivity index (χ3v) is 6.24. The summed E-state index contributed by atoms with van der Waals surface area (Å²) in [7, 11) is -3.47. The van der Waals surface area contributed by atoms with Crippen LogP contribution in [-0.4, -0.2) is 30.1 Å². The van der Waals surface area contributed by atoms with Crippen molar-refractivity contribution in [3.8, 4) is 5.69 Å². The molecular weight excluding hydrogens is 388 g/mol. The minimum Gasteiger partial charge on any atom is -0.347 e. The van der Waals surface area contributed by atoms with Crippen LogP contribution >= 0.6 is 0 Å². The largest absolute Gasteiger partial charge is 0.347 e. The average Bonchev–Trinajstić information content (AvgIpc) is 3.44. The molecular formula is C21H22N4O3S. The SMILES string of the molecule is Cc1cc(C(=O)NCc2ccc(S(=O)(=O)NC3CC3)cc2)nn1-c1ccccc1. The van der Waals surface area contributed by atoms with Gasteiger partial charge in [0.1, 0.15) is 0 Å². The quantitative estimate of drug-likeness (QED) is 0.626. The van der Waals surface area contributed by atoms with E-state index in [1.165, 1.54) is 0 Å². The van der Waals surface area contributed by atoms with Crippen molar-refractivity contribution in [2.45, 2.75) is 37.2 Å². The highest BCUT2D eigenvalue weighted by molar-refractivity contribution is 7.89. The number of hydrogen-bond acceptors (Lipinski definition) is 4. The van der Waals surface area contributed by atoms with Crippen molar-refractivity contribution >= 4 is 15.9 Å². The fourth-order valence-corrected chi connectivity index (χ4v) is 4.27. The molecule has 0 bridgehead atoms. The van der Waals surface area contributed by atoms with Crippen LogP contribution in [0, 0.1) is 6.92 Å². The van der Waals surface area contributed by atoms with Gasteiger partial charge in [-0.05, 0) is 55.7 Å². The van der Waals surface area contributed by atoms with Crippen molar-refractivity contribution in [2.24, 2.45) is 0 Å². The summed E-state index contributed by atoms with van der Waals surface area (Å²) in [5, 5.41) is 7.22. The van der Waals surface area contributed by atoms with Crippen LogP contribution in [0.1, 0.15) is 34.6 Å². The van der Waals surface area contributed by atoms with Crippen LogP contribution in [-0.2, 0) is 16.6 Å². The molecule has 0 unspecified atom stereocenters. The first kappa shape index (κ1) is 19.4. The fourth-order valence-electron chi connectivity index (χ4n) is 2.96. The van der Waals surface area contributed by atoms with Gasteiger partial charge in [0, 0.05) is 18.3 Å². The van der Waals surface area contributed by atoms with E-state index in [2.05, 4.69) is 15.1 Å². The molecule has 0 aliphatic heterocycles. The van der Waals surface area contributed by atoms with Gasteiger partial charge in [-0.15, -0.1) is 0 Å². The van der Waals surface area contributed by atoms with E-state index in [1.807, 2.05) is 37.3 Å². The molecule has 0 radical (unpaired) electrons.